The molecule has 0 saturated heterocycles. The van der Waals surface area contributed by atoms with Gasteiger partial charge in [0.15, 0.2) is 6.10 Å². The number of hydrogen-bond acceptors (Lipinski definition) is 6. The topological polar surface area (TPSA) is 121 Å². The first kappa shape index (κ1) is 24.2. The van der Waals surface area contributed by atoms with Crippen LogP contribution in [0.1, 0.15) is 55.0 Å². The lowest BCUT2D eigenvalue weighted by Crippen LogP contribution is -2.44. The third-order valence-electron chi connectivity index (χ3n) is 6.69. The van der Waals surface area contributed by atoms with E-state index in [4.69, 9.17) is 9.72 Å². The van der Waals surface area contributed by atoms with Crippen molar-refractivity contribution in [1.29, 1.82) is 0 Å². The lowest BCUT2D eigenvalue weighted by molar-refractivity contribution is -0.144. The van der Waals surface area contributed by atoms with E-state index in [9.17, 15) is 19.8 Å². The molecule has 2 aliphatic rings. The largest absolute Gasteiger partial charge is 0.480 e. The summed E-state index contributed by atoms with van der Waals surface area (Å²) < 4.78 is 5.84. The van der Waals surface area contributed by atoms with Crippen molar-refractivity contribution in [1.82, 2.24) is 10.3 Å². The van der Waals surface area contributed by atoms with Gasteiger partial charge < -0.3 is 25.6 Å². The molecule has 182 valence electrons. The molecule has 1 fully saturated rings. The molecule has 1 aliphatic carbocycles. The number of aliphatic hydroxyl groups is 1. The van der Waals surface area contributed by atoms with Crippen molar-refractivity contribution in [3.05, 3.63) is 59.3 Å². The SMILES string of the molecule is O=C(N[C@@H](CCOC1CC(CCc2ccc3c(n2)NCCC3)C1)C(=O)O)C(O)c1ccccc1. The average Bonchev–Trinajstić information content (AvgIpc) is 2.83. The van der Waals surface area contributed by atoms with E-state index in [0.717, 1.165) is 56.6 Å². The van der Waals surface area contributed by atoms with Crippen molar-refractivity contribution in [2.45, 2.75) is 63.2 Å². The smallest absolute Gasteiger partial charge is 0.326 e. The first-order valence-corrected chi connectivity index (χ1v) is 12.1. The highest BCUT2D eigenvalue weighted by atomic mass is 16.5. The fourth-order valence-electron chi connectivity index (χ4n) is 4.55. The zero-order valence-corrected chi connectivity index (χ0v) is 19.3. The Balaban J connectivity index is 1.14. The van der Waals surface area contributed by atoms with Crippen LogP contribution in [0.2, 0.25) is 0 Å². The summed E-state index contributed by atoms with van der Waals surface area (Å²) >= 11 is 0. The Labute approximate surface area is 199 Å². The number of nitrogens with zero attached hydrogens (tertiary/aromatic N) is 1. The number of amides is 1. The number of aliphatic hydroxyl groups excluding tert-OH is 1. The van der Waals surface area contributed by atoms with Gasteiger partial charge in [0, 0.05) is 25.3 Å². The Hall–Kier alpha value is -2.97. The standard InChI is InChI=1S/C26H33N3O5/c30-23(18-5-2-1-3-6-18)25(31)29-22(26(32)33)12-14-34-21-15-17(16-21)8-10-20-11-9-19-7-4-13-27-24(19)28-20/h1-3,5-6,9,11,17,21-23,30H,4,7-8,10,12-16H2,(H,27,28)(H,29,31)(H,32,33)/t17?,21?,22-,23?/m0/s1. The zero-order valence-electron chi connectivity index (χ0n) is 19.3. The van der Waals surface area contributed by atoms with Crippen LogP contribution in [0.15, 0.2) is 42.5 Å². The maximum Gasteiger partial charge on any atom is 0.326 e. The minimum atomic E-state index is -1.41. The van der Waals surface area contributed by atoms with E-state index in [0.29, 0.717) is 11.5 Å². The van der Waals surface area contributed by atoms with Crippen LogP contribution in [-0.2, 0) is 27.2 Å². The Bertz CT molecular complexity index is 978. The van der Waals surface area contributed by atoms with Gasteiger partial charge in [-0.1, -0.05) is 36.4 Å². The number of rotatable bonds is 11. The van der Waals surface area contributed by atoms with Gasteiger partial charge >= 0.3 is 5.97 Å². The number of benzene rings is 1. The quantitative estimate of drug-likeness (QED) is 0.401. The van der Waals surface area contributed by atoms with Crippen LogP contribution >= 0.6 is 0 Å². The molecule has 2 aromatic rings. The molecule has 0 spiro atoms. The summed E-state index contributed by atoms with van der Waals surface area (Å²) in [6.07, 6.45) is 5.06. The third-order valence-corrected chi connectivity index (χ3v) is 6.69. The van der Waals surface area contributed by atoms with Gasteiger partial charge in [-0.2, -0.15) is 0 Å². The van der Waals surface area contributed by atoms with Crippen molar-refractivity contribution in [3.8, 4) is 0 Å². The van der Waals surface area contributed by atoms with E-state index in [1.807, 2.05) is 0 Å². The van der Waals surface area contributed by atoms with E-state index in [-0.39, 0.29) is 19.1 Å². The second-order valence-electron chi connectivity index (χ2n) is 9.21. The van der Waals surface area contributed by atoms with Crippen LogP contribution in [0, 0.1) is 5.92 Å². The lowest BCUT2D eigenvalue weighted by Gasteiger charge is -2.35. The maximum atomic E-state index is 12.3. The number of hydrogen-bond donors (Lipinski definition) is 4. The summed E-state index contributed by atoms with van der Waals surface area (Å²) in [6.45, 7) is 1.24. The van der Waals surface area contributed by atoms with Gasteiger partial charge in [0.1, 0.15) is 11.9 Å². The fourth-order valence-corrected chi connectivity index (χ4v) is 4.55. The van der Waals surface area contributed by atoms with Gasteiger partial charge in [-0.25, -0.2) is 9.78 Å². The van der Waals surface area contributed by atoms with Gasteiger partial charge in [0.2, 0.25) is 0 Å². The van der Waals surface area contributed by atoms with Crippen LogP contribution in [0.4, 0.5) is 5.82 Å². The summed E-state index contributed by atoms with van der Waals surface area (Å²) in [7, 11) is 0. The molecular weight excluding hydrogens is 434 g/mol. The molecule has 1 aliphatic heterocycles. The van der Waals surface area contributed by atoms with Crippen LogP contribution in [0.5, 0.6) is 0 Å². The first-order chi connectivity index (χ1) is 16.5. The molecular formula is C26H33N3O5. The number of nitrogens with one attached hydrogen (secondary N) is 2. The predicted octanol–water partition coefficient (Wildman–Crippen LogP) is 2.86. The molecule has 0 radical (unpaired) electrons. The number of fused-ring (bicyclic) bond motifs is 1. The van der Waals surface area contributed by atoms with Crippen LogP contribution in [0.25, 0.3) is 0 Å². The van der Waals surface area contributed by atoms with E-state index in [2.05, 4.69) is 22.8 Å². The Morgan fingerprint density at radius 2 is 1.97 bits per heavy atom. The van der Waals surface area contributed by atoms with Crippen molar-refractivity contribution in [3.63, 3.8) is 0 Å². The minimum absolute atomic E-state index is 0.128. The van der Waals surface area contributed by atoms with Gasteiger partial charge in [-0.3, -0.25) is 4.79 Å². The highest BCUT2D eigenvalue weighted by molar-refractivity contribution is 5.86. The molecule has 1 unspecified atom stereocenters. The van der Waals surface area contributed by atoms with Gasteiger partial charge in [-0.15, -0.1) is 0 Å². The Morgan fingerprint density at radius 3 is 2.74 bits per heavy atom. The number of ether oxygens (including phenoxy) is 1. The first-order valence-electron chi connectivity index (χ1n) is 12.1. The summed E-state index contributed by atoms with van der Waals surface area (Å²) in [5.74, 6) is -0.245. The summed E-state index contributed by atoms with van der Waals surface area (Å²) in [5, 5.41) is 25.4. The minimum Gasteiger partial charge on any atom is -0.480 e. The molecule has 2 heterocycles. The summed E-state index contributed by atoms with van der Waals surface area (Å²) in [5.41, 5.74) is 2.84. The van der Waals surface area contributed by atoms with Crippen LogP contribution < -0.4 is 10.6 Å². The van der Waals surface area contributed by atoms with E-state index in [1.54, 1.807) is 30.3 Å². The number of aromatic nitrogens is 1. The molecule has 1 amide bonds. The molecule has 1 saturated carbocycles. The van der Waals surface area contributed by atoms with E-state index >= 15 is 0 Å². The molecule has 4 N–H and O–H groups in total. The molecule has 2 atom stereocenters. The van der Waals surface area contributed by atoms with E-state index in [1.165, 1.54) is 5.56 Å². The molecule has 1 aromatic carbocycles. The number of carboxylic acid groups (broad SMARTS) is 1. The molecule has 4 rings (SSSR count). The predicted molar refractivity (Wildman–Crippen MR) is 127 cm³/mol. The van der Waals surface area contributed by atoms with Gasteiger partial charge in [-0.05, 0) is 61.6 Å². The highest BCUT2D eigenvalue weighted by Gasteiger charge is 2.30. The number of carbonyl (C=O) groups is 2. The number of carboxylic acids is 1. The zero-order chi connectivity index (χ0) is 23.9. The summed E-state index contributed by atoms with van der Waals surface area (Å²) in [6, 6.07) is 11.6. The van der Waals surface area contributed by atoms with Crippen molar-refractivity contribution < 1.29 is 24.5 Å². The van der Waals surface area contributed by atoms with Gasteiger partial charge in [0.05, 0.1) is 6.10 Å². The van der Waals surface area contributed by atoms with Gasteiger partial charge in [0.25, 0.3) is 5.91 Å². The monoisotopic (exact) mass is 467 g/mol. The number of aliphatic carboxylic acids is 1. The third kappa shape index (κ3) is 6.33. The molecule has 8 heteroatoms. The maximum absolute atomic E-state index is 12.3. The fraction of sp³-hybridized carbons (Fsp3) is 0.500. The lowest BCUT2D eigenvalue weighted by atomic mass is 9.79. The number of pyridine rings is 1. The normalized spacial score (nSPS) is 20.9. The van der Waals surface area contributed by atoms with E-state index < -0.39 is 24.0 Å². The number of aryl methyl sites for hydroxylation is 2. The van der Waals surface area contributed by atoms with Crippen molar-refractivity contribution in [2.75, 3.05) is 18.5 Å². The Morgan fingerprint density at radius 1 is 1.18 bits per heavy atom. The highest BCUT2D eigenvalue weighted by Crippen LogP contribution is 2.34. The second kappa shape index (κ2) is 11.4. The molecule has 1 aromatic heterocycles. The average molecular weight is 468 g/mol. The molecule has 34 heavy (non-hydrogen) atoms. The molecule has 0 bridgehead atoms. The Kier molecular flexibility index (Phi) is 8.13. The van der Waals surface area contributed by atoms with Crippen LogP contribution in [0.3, 0.4) is 0 Å². The number of anilines is 1. The van der Waals surface area contributed by atoms with Crippen molar-refractivity contribution in [2.24, 2.45) is 5.92 Å². The van der Waals surface area contributed by atoms with Crippen LogP contribution in [-0.4, -0.2) is 52.4 Å². The second-order valence-corrected chi connectivity index (χ2v) is 9.21. The summed E-state index contributed by atoms with van der Waals surface area (Å²) in [4.78, 5) is 28.6. The molecule has 8 nitrogen and oxygen atoms in total. The van der Waals surface area contributed by atoms with Crippen molar-refractivity contribution >= 4 is 17.7 Å². The number of carbonyl (C=O) groups excluding carboxylic acids is 1.